The average molecular weight is 385 g/mol. The molecule has 27 heavy (non-hydrogen) atoms. The zero-order valence-corrected chi connectivity index (χ0v) is 16.2. The number of ether oxygens (including phenoxy) is 1. The normalized spacial score (nSPS) is 20.8. The first kappa shape index (κ1) is 18.5. The summed E-state index contributed by atoms with van der Waals surface area (Å²) < 4.78 is 5.95. The zero-order valence-electron chi connectivity index (χ0n) is 15.4. The fourth-order valence-corrected chi connectivity index (χ4v) is 4.27. The molecule has 0 spiro atoms. The van der Waals surface area contributed by atoms with Crippen LogP contribution in [0.1, 0.15) is 48.7 Å². The Morgan fingerprint density at radius 3 is 2.78 bits per heavy atom. The van der Waals surface area contributed by atoms with Crippen molar-refractivity contribution in [2.24, 2.45) is 5.92 Å². The minimum Gasteiger partial charge on any atom is -0.368 e. The van der Waals surface area contributed by atoms with E-state index < -0.39 is 0 Å². The number of aromatic nitrogens is 1. The van der Waals surface area contributed by atoms with Crippen LogP contribution in [-0.2, 0) is 16.0 Å². The summed E-state index contributed by atoms with van der Waals surface area (Å²) in [6, 6.07) is 13.9. The van der Waals surface area contributed by atoms with Crippen molar-refractivity contribution < 1.29 is 9.53 Å². The number of hydrogen-bond acceptors (Lipinski definition) is 3. The second-order valence-corrected chi connectivity index (χ2v) is 7.85. The predicted molar refractivity (Wildman–Crippen MR) is 106 cm³/mol. The lowest BCUT2D eigenvalue weighted by molar-refractivity contribution is -0.143. The summed E-state index contributed by atoms with van der Waals surface area (Å²) in [5.74, 6) is 0.510. The summed E-state index contributed by atoms with van der Waals surface area (Å²) in [6.07, 6.45) is 4.95. The van der Waals surface area contributed by atoms with Gasteiger partial charge >= 0.3 is 0 Å². The van der Waals surface area contributed by atoms with E-state index in [1.54, 1.807) is 0 Å². The minimum atomic E-state index is -0.157. The lowest BCUT2D eigenvalue weighted by Crippen LogP contribution is -2.44. The number of benzene rings is 1. The van der Waals surface area contributed by atoms with Crippen molar-refractivity contribution in [1.29, 1.82) is 0 Å². The van der Waals surface area contributed by atoms with Crippen LogP contribution in [0, 0.1) is 5.92 Å². The second-order valence-electron chi connectivity index (χ2n) is 7.45. The molecule has 1 aromatic heterocycles. The summed E-state index contributed by atoms with van der Waals surface area (Å²) in [7, 11) is 0. The molecule has 0 N–H and O–H groups in total. The molecule has 1 atom stereocenters. The molecule has 1 saturated heterocycles. The first-order valence-electron chi connectivity index (χ1n) is 9.80. The first-order valence-corrected chi connectivity index (χ1v) is 10.2. The van der Waals surface area contributed by atoms with E-state index in [1.807, 2.05) is 47.4 Å². The third kappa shape index (κ3) is 4.33. The van der Waals surface area contributed by atoms with Gasteiger partial charge in [-0.25, -0.2) is 0 Å². The van der Waals surface area contributed by atoms with Crippen LogP contribution in [0.2, 0.25) is 5.02 Å². The van der Waals surface area contributed by atoms with Gasteiger partial charge in [0, 0.05) is 29.6 Å². The maximum Gasteiger partial charge on any atom is 0.225 e. The molecule has 1 aliphatic carbocycles. The van der Waals surface area contributed by atoms with Gasteiger partial charge in [-0.15, -0.1) is 0 Å². The van der Waals surface area contributed by atoms with Crippen molar-refractivity contribution >= 4 is 17.5 Å². The highest BCUT2D eigenvalue weighted by Crippen LogP contribution is 2.29. The average Bonchev–Trinajstić information content (AvgIpc) is 3.24. The van der Waals surface area contributed by atoms with Crippen molar-refractivity contribution in [3.8, 4) is 0 Å². The molecule has 2 fully saturated rings. The van der Waals surface area contributed by atoms with Gasteiger partial charge in [-0.3, -0.25) is 9.78 Å². The number of nitrogens with zero attached hydrogens (tertiary/aromatic N) is 2. The Hall–Kier alpha value is -1.91. The molecule has 1 amide bonds. The fraction of sp³-hybridized carbons (Fsp3) is 0.455. The van der Waals surface area contributed by atoms with E-state index in [-0.39, 0.29) is 12.0 Å². The maximum atomic E-state index is 12.8. The number of amides is 1. The van der Waals surface area contributed by atoms with Gasteiger partial charge in [0.05, 0.1) is 18.8 Å². The van der Waals surface area contributed by atoms with Crippen LogP contribution in [-0.4, -0.2) is 35.5 Å². The van der Waals surface area contributed by atoms with Gasteiger partial charge in [0.25, 0.3) is 0 Å². The Bertz CT molecular complexity index is 804. The van der Waals surface area contributed by atoms with Crippen molar-refractivity contribution in [3.63, 3.8) is 0 Å². The van der Waals surface area contributed by atoms with Crippen molar-refractivity contribution in [2.75, 3.05) is 19.7 Å². The first-order chi connectivity index (χ1) is 13.2. The summed E-state index contributed by atoms with van der Waals surface area (Å²) in [5, 5.41) is 0.756. The van der Waals surface area contributed by atoms with Gasteiger partial charge in [-0.2, -0.15) is 0 Å². The summed E-state index contributed by atoms with van der Waals surface area (Å²) >= 11 is 6.28. The Morgan fingerprint density at radius 1 is 1.15 bits per heavy atom. The standard InChI is InChI=1S/C22H25ClN2O2/c23-19-10-4-3-8-17(19)14-18-9-5-11-20(24-18)21-15-25(12-13-27-21)22(26)16-6-1-2-7-16/h3-5,8-11,16,21H,1-2,6-7,12-15H2. The highest BCUT2D eigenvalue weighted by Gasteiger charge is 2.31. The Kier molecular flexibility index (Phi) is 5.74. The van der Waals surface area contributed by atoms with Crippen LogP contribution in [0.3, 0.4) is 0 Å². The van der Waals surface area contributed by atoms with Gasteiger partial charge < -0.3 is 9.64 Å². The second kappa shape index (κ2) is 8.41. The van der Waals surface area contributed by atoms with Gasteiger partial charge in [-0.05, 0) is 36.6 Å². The smallest absolute Gasteiger partial charge is 0.225 e. The molecule has 1 saturated carbocycles. The van der Waals surface area contributed by atoms with E-state index in [9.17, 15) is 4.79 Å². The Labute approximate surface area is 165 Å². The Balaban J connectivity index is 1.46. The Morgan fingerprint density at radius 2 is 1.96 bits per heavy atom. The van der Waals surface area contributed by atoms with Crippen LogP contribution in [0.25, 0.3) is 0 Å². The molecule has 2 heterocycles. The molecule has 0 radical (unpaired) electrons. The predicted octanol–water partition coefficient (Wildman–Crippen LogP) is 4.42. The molecule has 4 rings (SSSR count). The van der Waals surface area contributed by atoms with Gasteiger partial charge in [-0.1, -0.05) is 48.7 Å². The highest BCUT2D eigenvalue weighted by molar-refractivity contribution is 6.31. The maximum absolute atomic E-state index is 12.8. The van der Waals surface area contributed by atoms with E-state index >= 15 is 0 Å². The molecular weight excluding hydrogens is 360 g/mol. The van der Waals surface area contributed by atoms with E-state index in [1.165, 1.54) is 12.8 Å². The van der Waals surface area contributed by atoms with E-state index in [2.05, 4.69) is 0 Å². The summed E-state index contributed by atoms with van der Waals surface area (Å²) in [6.45, 7) is 1.85. The van der Waals surface area contributed by atoms with Gasteiger partial charge in [0.1, 0.15) is 6.10 Å². The van der Waals surface area contributed by atoms with Gasteiger partial charge in [0.15, 0.2) is 0 Å². The number of carbonyl (C=O) groups is 1. The number of hydrogen-bond donors (Lipinski definition) is 0. The van der Waals surface area contributed by atoms with Crippen LogP contribution in [0.5, 0.6) is 0 Å². The number of carbonyl (C=O) groups excluding carboxylic acids is 1. The van der Waals surface area contributed by atoms with E-state index in [0.717, 1.165) is 34.8 Å². The summed E-state index contributed by atoms with van der Waals surface area (Å²) in [4.78, 5) is 19.5. The van der Waals surface area contributed by atoms with Crippen molar-refractivity contribution in [1.82, 2.24) is 9.88 Å². The molecule has 5 heteroatoms. The van der Waals surface area contributed by atoms with Crippen LogP contribution in [0.4, 0.5) is 0 Å². The molecule has 2 aliphatic rings. The highest BCUT2D eigenvalue weighted by atomic mass is 35.5. The number of morpholine rings is 1. The van der Waals surface area contributed by atoms with Gasteiger partial charge in [0.2, 0.25) is 5.91 Å². The molecule has 1 aliphatic heterocycles. The summed E-state index contributed by atoms with van der Waals surface area (Å²) in [5.41, 5.74) is 2.92. The number of halogens is 1. The van der Waals surface area contributed by atoms with Crippen LogP contribution >= 0.6 is 11.6 Å². The van der Waals surface area contributed by atoms with E-state index in [4.69, 9.17) is 21.3 Å². The third-order valence-electron chi connectivity index (χ3n) is 5.57. The quantitative estimate of drug-likeness (QED) is 0.783. The molecule has 2 aromatic rings. The van der Waals surface area contributed by atoms with E-state index in [0.29, 0.717) is 32.0 Å². The largest absolute Gasteiger partial charge is 0.368 e. The molecule has 4 nitrogen and oxygen atoms in total. The molecule has 142 valence electrons. The van der Waals surface area contributed by atoms with Crippen LogP contribution in [0.15, 0.2) is 42.5 Å². The van der Waals surface area contributed by atoms with Crippen molar-refractivity contribution in [3.05, 3.63) is 64.4 Å². The lowest BCUT2D eigenvalue weighted by atomic mass is 10.0. The molecule has 1 aromatic carbocycles. The monoisotopic (exact) mass is 384 g/mol. The SMILES string of the molecule is O=C(C1CCCC1)N1CCOC(c2cccc(Cc3ccccc3Cl)n2)C1. The molecule has 0 bridgehead atoms. The number of pyridine rings is 1. The fourth-order valence-electron chi connectivity index (χ4n) is 4.07. The third-order valence-corrected chi connectivity index (χ3v) is 5.94. The molecular formula is C22H25ClN2O2. The van der Waals surface area contributed by atoms with Crippen LogP contribution < -0.4 is 0 Å². The van der Waals surface area contributed by atoms with Crippen molar-refractivity contribution in [2.45, 2.75) is 38.2 Å². The molecule has 1 unspecified atom stereocenters. The topological polar surface area (TPSA) is 42.4 Å². The number of rotatable bonds is 4. The zero-order chi connectivity index (χ0) is 18.6. The lowest BCUT2D eigenvalue weighted by Gasteiger charge is -2.34. The minimum absolute atomic E-state index is 0.157.